The molecule has 0 nitrogen and oxygen atoms in total. The van der Waals surface area contributed by atoms with Crippen molar-refractivity contribution in [1.29, 1.82) is 0 Å². The minimum atomic E-state index is 0. The maximum absolute atomic E-state index is 3.30. The predicted octanol–water partition coefficient (Wildman–Crippen LogP) is 3.39. The molecule has 0 heterocycles. The van der Waals surface area contributed by atoms with Crippen molar-refractivity contribution in [1.82, 2.24) is 0 Å². The first-order chi connectivity index (χ1) is 6.93. The van der Waals surface area contributed by atoms with Crippen molar-refractivity contribution < 1.29 is 98.1 Å². The maximum atomic E-state index is 3.30. The van der Waals surface area contributed by atoms with E-state index < -0.39 is 0 Å². The quantitative estimate of drug-likeness (QED) is 0.370. The van der Waals surface area contributed by atoms with Gasteiger partial charge in [0.2, 0.25) is 0 Å². The zero-order valence-electron chi connectivity index (χ0n) is 9.27. The van der Waals surface area contributed by atoms with Gasteiger partial charge in [0.25, 0.3) is 0 Å². The third-order valence-electron chi connectivity index (χ3n) is 2.34. The van der Waals surface area contributed by atoms with Crippen LogP contribution >= 0.6 is 0 Å². The van der Waals surface area contributed by atoms with E-state index in [2.05, 4.69) is 36.4 Å². The van der Waals surface area contributed by atoms with E-state index in [4.69, 9.17) is 0 Å². The Bertz CT molecular complexity index is 500. The molecular formula is C14H7Y3-3. The Balaban J connectivity index is 0.000000853. The molecule has 3 aromatic carbocycles. The molecule has 3 heteroatoms. The summed E-state index contributed by atoms with van der Waals surface area (Å²) >= 11 is 0. The van der Waals surface area contributed by atoms with E-state index in [1.54, 1.807) is 0 Å². The van der Waals surface area contributed by atoms with Gasteiger partial charge < -0.3 is 0 Å². The minimum absolute atomic E-state index is 0. The summed E-state index contributed by atoms with van der Waals surface area (Å²) in [7, 11) is 0. The van der Waals surface area contributed by atoms with E-state index in [0.717, 1.165) is 10.8 Å². The number of hydrogen-bond acceptors (Lipinski definition) is 0. The Labute approximate surface area is 177 Å². The molecule has 75 valence electrons. The summed E-state index contributed by atoms with van der Waals surface area (Å²) in [6.07, 6.45) is 0. The summed E-state index contributed by atoms with van der Waals surface area (Å²) in [5.41, 5.74) is 0. The molecule has 0 unspecified atom stereocenters. The third-order valence-corrected chi connectivity index (χ3v) is 2.34. The van der Waals surface area contributed by atoms with Crippen LogP contribution < -0.4 is 0 Å². The average Bonchev–Trinajstić information content (AvgIpc) is 2.26. The number of fused-ring (bicyclic) bond motifs is 2. The van der Waals surface area contributed by atoms with E-state index in [1.807, 2.05) is 24.3 Å². The fourth-order valence-electron chi connectivity index (χ4n) is 1.65. The maximum Gasteiger partial charge on any atom is 0 e. The Morgan fingerprint density at radius 1 is 0.706 bits per heavy atom. The van der Waals surface area contributed by atoms with Crippen LogP contribution in [0.15, 0.2) is 42.5 Å². The Hall–Kier alpha value is 1.49. The van der Waals surface area contributed by atoms with Crippen LogP contribution in [0.25, 0.3) is 21.5 Å². The van der Waals surface area contributed by atoms with Crippen LogP contribution in [0.3, 0.4) is 0 Å². The second-order valence-electron chi connectivity index (χ2n) is 3.27. The third kappa shape index (κ3) is 4.23. The van der Waals surface area contributed by atoms with Crippen LogP contribution in [0.2, 0.25) is 0 Å². The molecule has 0 N–H and O–H groups in total. The molecule has 3 rings (SSSR count). The van der Waals surface area contributed by atoms with Crippen LogP contribution in [-0.2, 0) is 98.1 Å². The molecule has 0 spiro atoms. The molecule has 0 aliphatic heterocycles. The van der Waals surface area contributed by atoms with Crippen LogP contribution in [0, 0.1) is 18.2 Å². The van der Waals surface area contributed by atoms with Gasteiger partial charge in [0.05, 0.1) is 0 Å². The van der Waals surface area contributed by atoms with Crippen molar-refractivity contribution in [3.05, 3.63) is 60.7 Å². The molecule has 0 atom stereocenters. The van der Waals surface area contributed by atoms with Crippen molar-refractivity contribution >= 4 is 21.5 Å². The summed E-state index contributed by atoms with van der Waals surface area (Å²) in [6, 6.07) is 23.7. The average molecular weight is 442 g/mol. The summed E-state index contributed by atoms with van der Waals surface area (Å²) in [6.45, 7) is 0. The molecule has 0 aliphatic carbocycles. The fraction of sp³-hybridized carbons (Fsp3) is 0. The smallest absolute Gasteiger partial charge is 0 e. The van der Waals surface area contributed by atoms with Gasteiger partial charge in [-0.25, -0.2) is 53.2 Å². The molecule has 0 aliphatic rings. The molecular weight excluding hydrogens is 435 g/mol. The second-order valence-corrected chi connectivity index (χ2v) is 3.27. The van der Waals surface area contributed by atoms with Gasteiger partial charge in [0.1, 0.15) is 0 Å². The molecule has 0 amide bonds. The minimum Gasteiger partial charge on any atom is -0.293 e. The molecule has 17 heavy (non-hydrogen) atoms. The molecule has 0 saturated carbocycles. The normalized spacial score (nSPS) is 8.94. The monoisotopic (exact) mass is 442 g/mol. The van der Waals surface area contributed by atoms with Gasteiger partial charge in [0.15, 0.2) is 0 Å². The van der Waals surface area contributed by atoms with Gasteiger partial charge in [-0.05, 0) is 0 Å². The second kappa shape index (κ2) is 8.62. The van der Waals surface area contributed by atoms with Crippen LogP contribution in [-0.4, -0.2) is 0 Å². The zero-order valence-corrected chi connectivity index (χ0v) is 17.8. The Morgan fingerprint density at radius 3 is 1.65 bits per heavy atom. The summed E-state index contributed by atoms with van der Waals surface area (Å²) in [5, 5.41) is 4.42. The van der Waals surface area contributed by atoms with E-state index >= 15 is 0 Å². The molecule has 3 aromatic rings. The van der Waals surface area contributed by atoms with Crippen molar-refractivity contribution in [3.8, 4) is 0 Å². The van der Waals surface area contributed by atoms with Crippen LogP contribution in [0.5, 0.6) is 0 Å². The van der Waals surface area contributed by atoms with Crippen molar-refractivity contribution in [3.63, 3.8) is 0 Å². The molecule has 0 saturated heterocycles. The van der Waals surface area contributed by atoms with Gasteiger partial charge in [-0.3, -0.25) is 29.0 Å². The Morgan fingerprint density at radius 2 is 1.18 bits per heavy atom. The van der Waals surface area contributed by atoms with E-state index in [0.29, 0.717) is 0 Å². The van der Waals surface area contributed by atoms with Crippen molar-refractivity contribution in [2.75, 3.05) is 0 Å². The number of benzene rings is 3. The van der Waals surface area contributed by atoms with Crippen LogP contribution in [0.4, 0.5) is 0 Å². The topological polar surface area (TPSA) is 0 Å². The number of hydrogen-bond donors (Lipinski definition) is 0. The summed E-state index contributed by atoms with van der Waals surface area (Å²) < 4.78 is 0. The SMILES string of the molecule is [Y].[Y].[Y].[c-]1cccc2cc3ccc[c-]c3[c-]c12. The largest absolute Gasteiger partial charge is 0.293 e. The van der Waals surface area contributed by atoms with Gasteiger partial charge in [-0.2, -0.15) is 0 Å². The first-order valence-corrected chi connectivity index (χ1v) is 4.57. The van der Waals surface area contributed by atoms with Crippen molar-refractivity contribution in [2.45, 2.75) is 0 Å². The molecule has 0 fully saturated rings. The van der Waals surface area contributed by atoms with Gasteiger partial charge in [-0.1, -0.05) is 0 Å². The molecule has 0 aromatic heterocycles. The first-order valence-electron chi connectivity index (χ1n) is 4.57. The number of rotatable bonds is 0. The predicted molar refractivity (Wildman–Crippen MR) is 58.0 cm³/mol. The van der Waals surface area contributed by atoms with E-state index in [9.17, 15) is 0 Å². The van der Waals surface area contributed by atoms with Gasteiger partial charge in [-0.15, -0.1) is 0 Å². The summed E-state index contributed by atoms with van der Waals surface area (Å²) in [5.74, 6) is 0. The fourth-order valence-corrected chi connectivity index (χ4v) is 1.65. The molecule has 3 radical (unpaired) electrons. The van der Waals surface area contributed by atoms with E-state index in [-0.39, 0.29) is 98.1 Å². The first kappa shape index (κ1) is 18.5. The standard InChI is InChI=1S/C14H7.3Y/c1-2-6-12-10-14-8-4-3-7-13(14)9-11(12)5-1;;;/h1-5,7,9H;;;/q-3;;;. The Kier molecular flexibility index (Phi) is 9.38. The van der Waals surface area contributed by atoms with Gasteiger partial charge >= 0.3 is 0 Å². The van der Waals surface area contributed by atoms with E-state index in [1.165, 1.54) is 10.8 Å². The summed E-state index contributed by atoms with van der Waals surface area (Å²) in [4.78, 5) is 0. The van der Waals surface area contributed by atoms with Gasteiger partial charge in [0, 0.05) is 98.1 Å². The zero-order chi connectivity index (χ0) is 9.38. The molecule has 0 bridgehead atoms. The van der Waals surface area contributed by atoms with Crippen LogP contribution in [0.1, 0.15) is 0 Å². The van der Waals surface area contributed by atoms with Crippen molar-refractivity contribution in [2.24, 2.45) is 0 Å².